The Morgan fingerprint density at radius 2 is 1.76 bits per heavy atom. The van der Waals surface area contributed by atoms with Gasteiger partial charge in [-0.15, -0.1) is 12.4 Å². The fourth-order valence-corrected chi connectivity index (χ4v) is 1.81. The van der Waals surface area contributed by atoms with Crippen molar-refractivity contribution in [2.75, 3.05) is 26.4 Å². The summed E-state index contributed by atoms with van der Waals surface area (Å²) in [5.41, 5.74) is 0.453. The lowest BCUT2D eigenvalue weighted by molar-refractivity contribution is 0.0177. The third-order valence-electron chi connectivity index (χ3n) is 3.06. The zero-order valence-electron chi connectivity index (χ0n) is 15.4. The summed E-state index contributed by atoms with van der Waals surface area (Å²) in [4.78, 5) is 11.8. The maximum atomic E-state index is 11.8. The number of esters is 1. The monoisotopic (exact) mass is 375 g/mol. The molecule has 0 aliphatic heterocycles. The number of hydrogen-bond acceptors (Lipinski definition) is 6. The van der Waals surface area contributed by atoms with Crippen molar-refractivity contribution in [3.63, 3.8) is 0 Å². The molecule has 25 heavy (non-hydrogen) atoms. The molecule has 7 heteroatoms. The predicted molar refractivity (Wildman–Crippen MR) is 99.7 cm³/mol. The molecule has 0 spiro atoms. The van der Waals surface area contributed by atoms with Crippen molar-refractivity contribution in [3.05, 3.63) is 29.8 Å². The highest BCUT2D eigenvalue weighted by Crippen LogP contribution is 2.13. The Bertz CT molecular complexity index is 479. The van der Waals surface area contributed by atoms with Crippen molar-refractivity contribution in [2.45, 2.75) is 45.9 Å². The van der Waals surface area contributed by atoms with E-state index in [4.69, 9.17) is 14.2 Å². The van der Waals surface area contributed by atoms with Crippen LogP contribution >= 0.6 is 12.4 Å². The first-order chi connectivity index (χ1) is 11.4. The van der Waals surface area contributed by atoms with Crippen molar-refractivity contribution in [1.82, 2.24) is 5.32 Å². The van der Waals surface area contributed by atoms with Crippen LogP contribution in [0.1, 0.15) is 38.1 Å². The number of benzene rings is 1. The summed E-state index contributed by atoms with van der Waals surface area (Å²) in [6, 6.07) is 6.96. The third-order valence-corrected chi connectivity index (χ3v) is 3.06. The molecule has 144 valence electrons. The van der Waals surface area contributed by atoms with Crippen molar-refractivity contribution < 1.29 is 24.1 Å². The summed E-state index contributed by atoms with van der Waals surface area (Å²) < 4.78 is 15.9. The van der Waals surface area contributed by atoms with E-state index in [0.717, 1.165) is 0 Å². The van der Waals surface area contributed by atoms with Gasteiger partial charge in [0.05, 0.1) is 18.3 Å². The molecule has 1 aromatic carbocycles. The van der Waals surface area contributed by atoms with Crippen LogP contribution in [0.2, 0.25) is 0 Å². The van der Waals surface area contributed by atoms with E-state index in [1.54, 1.807) is 24.3 Å². The van der Waals surface area contributed by atoms with Gasteiger partial charge < -0.3 is 24.6 Å². The lowest BCUT2D eigenvalue weighted by atomic mass is 10.2. The SMILES string of the molecule is CC(C)NCC(O)COc1ccc(C(=O)OCCOC(C)C)cc1.Cl. The molecule has 0 fully saturated rings. The summed E-state index contributed by atoms with van der Waals surface area (Å²) in [7, 11) is 0. The van der Waals surface area contributed by atoms with E-state index >= 15 is 0 Å². The first-order valence-electron chi connectivity index (χ1n) is 8.31. The van der Waals surface area contributed by atoms with Gasteiger partial charge >= 0.3 is 5.97 Å². The lowest BCUT2D eigenvalue weighted by Crippen LogP contribution is -2.35. The molecule has 0 amide bonds. The van der Waals surface area contributed by atoms with Crippen LogP contribution in [0.4, 0.5) is 0 Å². The van der Waals surface area contributed by atoms with Gasteiger partial charge in [-0.1, -0.05) is 13.8 Å². The summed E-state index contributed by atoms with van der Waals surface area (Å²) in [5.74, 6) is 0.202. The van der Waals surface area contributed by atoms with Gasteiger partial charge in [0, 0.05) is 12.6 Å². The quantitative estimate of drug-likeness (QED) is 0.457. The van der Waals surface area contributed by atoms with E-state index in [2.05, 4.69) is 5.32 Å². The Morgan fingerprint density at radius 3 is 2.32 bits per heavy atom. The van der Waals surface area contributed by atoms with Crippen LogP contribution in [0.5, 0.6) is 5.75 Å². The van der Waals surface area contributed by atoms with E-state index in [9.17, 15) is 9.90 Å². The van der Waals surface area contributed by atoms with Crippen molar-refractivity contribution in [2.24, 2.45) is 0 Å². The second-order valence-corrected chi connectivity index (χ2v) is 6.11. The van der Waals surface area contributed by atoms with Gasteiger partial charge in [0.1, 0.15) is 25.1 Å². The zero-order chi connectivity index (χ0) is 17.9. The molecule has 6 nitrogen and oxygen atoms in total. The number of rotatable bonds is 11. The molecular weight excluding hydrogens is 346 g/mol. The molecule has 2 N–H and O–H groups in total. The lowest BCUT2D eigenvalue weighted by Gasteiger charge is -2.15. The molecule has 0 aliphatic rings. The van der Waals surface area contributed by atoms with E-state index in [1.807, 2.05) is 27.7 Å². The van der Waals surface area contributed by atoms with Crippen LogP contribution < -0.4 is 10.1 Å². The Hall–Kier alpha value is -1.34. The van der Waals surface area contributed by atoms with E-state index in [1.165, 1.54) is 0 Å². The minimum Gasteiger partial charge on any atom is -0.491 e. The van der Waals surface area contributed by atoms with Gasteiger partial charge in [0.2, 0.25) is 0 Å². The second-order valence-electron chi connectivity index (χ2n) is 6.11. The molecule has 0 radical (unpaired) electrons. The molecule has 0 bridgehead atoms. The Morgan fingerprint density at radius 1 is 1.12 bits per heavy atom. The van der Waals surface area contributed by atoms with Gasteiger partial charge in [-0.25, -0.2) is 4.79 Å². The van der Waals surface area contributed by atoms with Gasteiger partial charge in [-0.3, -0.25) is 0 Å². The standard InChI is InChI=1S/C18H29NO5.ClH/c1-13(2)19-11-16(20)12-24-17-7-5-15(6-8-17)18(21)23-10-9-22-14(3)4;/h5-8,13-14,16,19-20H,9-12H2,1-4H3;1H. The van der Waals surface area contributed by atoms with Gasteiger partial charge in [0.15, 0.2) is 0 Å². The molecular formula is C18H30ClNO5. The van der Waals surface area contributed by atoms with Crippen molar-refractivity contribution >= 4 is 18.4 Å². The Kier molecular flexibility index (Phi) is 12.2. The first-order valence-corrected chi connectivity index (χ1v) is 8.31. The number of aliphatic hydroxyl groups excluding tert-OH is 1. The molecule has 1 rings (SSSR count). The molecule has 0 heterocycles. The summed E-state index contributed by atoms with van der Waals surface area (Å²) >= 11 is 0. The molecule has 1 unspecified atom stereocenters. The maximum absolute atomic E-state index is 11.8. The fraction of sp³-hybridized carbons (Fsp3) is 0.611. The molecule has 1 aromatic rings. The van der Waals surface area contributed by atoms with E-state index in [-0.39, 0.29) is 31.7 Å². The zero-order valence-corrected chi connectivity index (χ0v) is 16.2. The summed E-state index contributed by atoms with van der Waals surface area (Å²) in [6.07, 6.45) is -0.468. The largest absolute Gasteiger partial charge is 0.491 e. The summed E-state index contributed by atoms with van der Waals surface area (Å²) in [5, 5.41) is 12.9. The average molecular weight is 376 g/mol. The highest BCUT2D eigenvalue weighted by molar-refractivity contribution is 5.89. The topological polar surface area (TPSA) is 77.0 Å². The number of carbonyl (C=O) groups is 1. The van der Waals surface area contributed by atoms with Crippen LogP contribution in [0.3, 0.4) is 0 Å². The van der Waals surface area contributed by atoms with Crippen LogP contribution in [-0.4, -0.2) is 55.7 Å². The molecule has 0 aromatic heterocycles. The van der Waals surface area contributed by atoms with Crippen LogP contribution in [-0.2, 0) is 9.47 Å². The number of carbonyl (C=O) groups excluding carboxylic acids is 1. The molecule has 1 atom stereocenters. The van der Waals surface area contributed by atoms with E-state index < -0.39 is 12.1 Å². The first kappa shape index (κ1) is 23.7. The Labute approximate surface area is 156 Å². The third kappa shape index (κ3) is 11.0. The number of hydrogen-bond donors (Lipinski definition) is 2. The second kappa shape index (κ2) is 12.9. The van der Waals surface area contributed by atoms with Gasteiger partial charge in [-0.2, -0.15) is 0 Å². The minimum atomic E-state index is -0.585. The highest BCUT2D eigenvalue weighted by Gasteiger charge is 2.09. The number of aliphatic hydroxyl groups is 1. The normalized spacial score (nSPS) is 12.0. The average Bonchev–Trinajstić information content (AvgIpc) is 2.55. The van der Waals surface area contributed by atoms with Crippen molar-refractivity contribution in [3.8, 4) is 5.75 Å². The fourth-order valence-electron chi connectivity index (χ4n) is 1.81. The number of nitrogens with one attached hydrogen (secondary N) is 1. The molecule has 0 aliphatic carbocycles. The number of ether oxygens (including phenoxy) is 3. The van der Waals surface area contributed by atoms with Crippen LogP contribution in [0.15, 0.2) is 24.3 Å². The Balaban J connectivity index is 0.00000576. The highest BCUT2D eigenvalue weighted by atomic mass is 35.5. The maximum Gasteiger partial charge on any atom is 0.338 e. The molecule has 0 saturated carbocycles. The predicted octanol–water partition coefficient (Wildman–Crippen LogP) is 2.43. The van der Waals surface area contributed by atoms with E-state index in [0.29, 0.717) is 30.5 Å². The molecule has 0 saturated heterocycles. The van der Waals surface area contributed by atoms with Gasteiger partial charge in [-0.05, 0) is 38.1 Å². The van der Waals surface area contributed by atoms with Gasteiger partial charge in [0.25, 0.3) is 0 Å². The van der Waals surface area contributed by atoms with Crippen LogP contribution in [0.25, 0.3) is 0 Å². The minimum absolute atomic E-state index is 0. The van der Waals surface area contributed by atoms with Crippen LogP contribution in [0, 0.1) is 0 Å². The number of halogens is 1. The smallest absolute Gasteiger partial charge is 0.338 e. The summed E-state index contributed by atoms with van der Waals surface area (Å²) in [6.45, 7) is 9.15. The van der Waals surface area contributed by atoms with Crippen molar-refractivity contribution in [1.29, 1.82) is 0 Å².